The molecule has 1 aliphatic heterocycles. The molecule has 0 bridgehead atoms. The highest BCUT2D eigenvalue weighted by Gasteiger charge is 2.27. The van der Waals surface area contributed by atoms with Crippen molar-refractivity contribution in [1.82, 2.24) is 4.90 Å². The van der Waals surface area contributed by atoms with Crippen LogP contribution in [-0.4, -0.2) is 31.2 Å². The van der Waals surface area contributed by atoms with Crippen molar-refractivity contribution in [2.75, 3.05) is 20.2 Å². The molecule has 0 saturated carbocycles. The molecule has 1 amide bonds. The summed E-state index contributed by atoms with van der Waals surface area (Å²) in [6.07, 6.45) is -0.422. The van der Waals surface area contributed by atoms with Crippen molar-refractivity contribution >= 4 is 17.7 Å². The average Bonchev–Trinajstić information content (AvgIpc) is 2.20. The second kappa shape index (κ2) is 4.34. The van der Waals surface area contributed by atoms with Crippen molar-refractivity contribution < 1.29 is 9.53 Å². The van der Waals surface area contributed by atoms with Crippen LogP contribution in [0.15, 0.2) is 10.6 Å². The van der Waals surface area contributed by atoms with Gasteiger partial charge in [-0.25, -0.2) is 4.79 Å². The molecule has 0 aliphatic carbocycles. The topological polar surface area (TPSA) is 53.3 Å². The third-order valence-corrected chi connectivity index (χ3v) is 2.73. The number of nitriles is 1. The molecule has 14 heavy (non-hydrogen) atoms. The summed E-state index contributed by atoms with van der Waals surface area (Å²) in [4.78, 5) is 12.7. The Bertz CT molecular complexity index is 319. The highest BCUT2D eigenvalue weighted by Crippen LogP contribution is 2.26. The molecule has 5 heteroatoms. The molecular formula is C9H11ClN2O2. The molecule has 0 aromatic rings. The minimum absolute atomic E-state index is 0.000772. The van der Waals surface area contributed by atoms with E-state index in [2.05, 4.69) is 4.74 Å². The third-order valence-electron chi connectivity index (χ3n) is 2.13. The number of carbonyl (C=O) groups is 1. The van der Waals surface area contributed by atoms with Gasteiger partial charge in [-0.3, -0.25) is 0 Å². The highest BCUT2D eigenvalue weighted by atomic mass is 35.5. The van der Waals surface area contributed by atoms with Gasteiger partial charge in [0.2, 0.25) is 0 Å². The monoisotopic (exact) mass is 214 g/mol. The number of hydrogen-bond donors (Lipinski definition) is 0. The largest absolute Gasteiger partial charge is 0.453 e. The van der Waals surface area contributed by atoms with Crippen LogP contribution in [0.2, 0.25) is 0 Å². The number of hydrogen-bond acceptors (Lipinski definition) is 3. The Morgan fingerprint density at radius 3 is 2.93 bits per heavy atom. The van der Waals surface area contributed by atoms with Gasteiger partial charge in [0.15, 0.2) is 0 Å². The molecule has 0 N–H and O–H groups in total. The lowest BCUT2D eigenvalue weighted by Gasteiger charge is -2.29. The molecule has 0 radical (unpaired) electrons. The van der Waals surface area contributed by atoms with Crippen LogP contribution in [0.1, 0.15) is 6.92 Å². The fourth-order valence-electron chi connectivity index (χ4n) is 1.40. The first-order valence-electron chi connectivity index (χ1n) is 4.21. The molecule has 1 unspecified atom stereocenters. The lowest BCUT2D eigenvalue weighted by molar-refractivity contribution is 0.121. The SMILES string of the molecule is COC(=O)N1CC(C#N)=C(Cl)C(C)C1. The quantitative estimate of drug-likeness (QED) is 0.617. The number of ether oxygens (including phenoxy) is 1. The van der Waals surface area contributed by atoms with Crippen molar-refractivity contribution in [2.45, 2.75) is 6.92 Å². The Kier molecular flexibility index (Phi) is 3.37. The molecule has 0 aromatic heterocycles. The van der Waals surface area contributed by atoms with E-state index in [4.69, 9.17) is 16.9 Å². The Labute approximate surface area is 87.7 Å². The fraction of sp³-hybridized carbons (Fsp3) is 0.556. The summed E-state index contributed by atoms with van der Waals surface area (Å²) >= 11 is 5.92. The zero-order valence-electron chi connectivity index (χ0n) is 8.08. The van der Waals surface area contributed by atoms with Crippen LogP contribution < -0.4 is 0 Å². The second-order valence-electron chi connectivity index (χ2n) is 3.19. The molecule has 0 fully saturated rings. The Balaban J connectivity index is 2.85. The van der Waals surface area contributed by atoms with Gasteiger partial charge in [0.25, 0.3) is 0 Å². The maximum atomic E-state index is 11.2. The van der Waals surface area contributed by atoms with Crippen molar-refractivity contribution in [3.05, 3.63) is 10.6 Å². The summed E-state index contributed by atoms with van der Waals surface area (Å²) in [7, 11) is 1.32. The lowest BCUT2D eigenvalue weighted by Crippen LogP contribution is -2.39. The lowest BCUT2D eigenvalue weighted by atomic mass is 10.0. The van der Waals surface area contributed by atoms with Crippen molar-refractivity contribution in [2.24, 2.45) is 5.92 Å². The van der Waals surface area contributed by atoms with E-state index in [9.17, 15) is 4.79 Å². The number of carbonyl (C=O) groups excluding carboxylic acids is 1. The van der Waals surface area contributed by atoms with Crippen LogP contribution >= 0.6 is 11.6 Å². The van der Waals surface area contributed by atoms with Crippen LogP contribution in [0, 0.1) is 17.2 Å². The van der Waals surface area contributed by atoms with Crippen LogP contribution in [0.5, 0.6) is 0 Å². The molecule has 4 nitrogen and oxygen atoms in total. The molecule has 1 rings (SSSR count). The number of rotatable bonds is 0. The van der Waals surface area contributed by atoms with E-state index >= 15 is 0 Å². The van der Waals surface area contributed by atoms with E-state index in [1.54, 1.807) is 0 Å². The highest BCUT2D eigenvalue weighted by molar-refractivity contribution is 6.30. The molecule has 1 aliphatic rings. The average molecular weight is 215 g/mol. The summed E-state index contributed by atoms with van der Waals surface area (Å²) in [5, 5.41) is 9.33. The van der Waals surface area contributed by atoms with Crippen LogP contribution in [-0.2, 0) is 4.74 Å². The number of methoxy groups -OCH3 is 1. The number of halogens is 1. The molecular weight excluding hydrogens is 204 g/mol. The van der Waals surface area contributed by atoms with E-state index in [1.165, 1.54) is 12.0 Å². The van der Waals surface area contributed by atoms with Gasteiger partial charge >= 0.3 is 6.09 Å². The second-order valence-corrected chi connectivity index (χ2v) is 3.60. The molecule has 1 heterocycles. The van der Waals surface area contributed by atoms with Gasteiger partial charge in [0.05, 0.1) is 25.3 Å². The van der Waals surface area contributed by atoms with E-state index in [0.29, 0.717) is 17.2 Å². The van der Waals surface area contributed by atoms with E-state index in [0.717, 1.165) is 0 Å². The van der Waals surface area contributed by atoms with Crippen LogP contribution in [0.3, 0.4) is 0 Å². The summed E-state index contributed by atoms with van der Waals surface area (Å²) in [6, 6.07) is 1.99. The molecule has 76 valence electrons. The Morgan fingerprint density at radius 1 is 1.79 bits per heavy atom. The summed E-state index contributed by atoms with van der Waals surface area (Å²) in [5.74, 6) is -0.000772. The van der Waals surface area contributed by atoms with Gasteiger partial charge < -0.3 is 9.64 Å². The van der Waals surface area contributed by atoms with Crippen molar-refractivity contribution in [1.29, 1.82) is 5.26 Å². The zero-order chi connectivity index (χ0) is 10.7. The standard InChI is InChI=1S/C9H11ClN2O2/c1-6-4-12(9(13)14-2)5-7(3-11)8(6)10/h6H,4-5H2,1-2H3. The maximum Gasteiger partial charge on any atom is 0.409 e. The molecule has 1 atom stereocenters. The van der Waals surface area contributed by atoms with Gasteiger partial charge in [0, 0.05) is 17.5 Å². The molecule has 0 spiro atoms. The first-order chi connectivity index (χ1) is 6.60. The Hall–Kier alpha value is -1.21. The van der Waals surface area contributed by atoms with Gasteiger partial charge in [-0.2, -0.15) is 5.26 Å². The van der Waals surface area contributed by atoms with Gasteiger partial charge in [-0.05, 0) is 0 Å². The van der Waals surface area contributed by atoms with Gasteiger partial charge in [-0.1, -0.05) is 18.5 Å². The molecule has 0 aromatic carbocycles. The van der Waals surface area contributed by atoms with E-state index in [-0.39, 0.29) is 12.5 Å². The Morgan fingerprint density at radius 2 is 2.43 bits per heavy atom. The van der Waals surface area contributed by atoms with Crippen molar-refractivity contribution in [3.63, 3.8) is 0 Å². The fourth-order valence-corrected chi connectivity index (χ4v) is 1.57. The predicted octanol–water partition coefficient (Wildman–Crippen LogP) is 1.72. The first kappa shape index (κ1) is 10.9. The van der Waals surface area contributed by atoms with Crippen LogP contribution in [0.25, 0.3) is 0 Å². The van der Waals surface area contributed by atoms with Crippen LogP contribution in [0.4, 0.5) is 4.79 Å². The van der Waals surface area contributed by atoms with E-state index < -0.39 is 6.09 Å². The normalized spacial score (nSPS) is 21.9. The number of nitrogens with zero attached hydrogens (tertiary/aromatic N) is 2. The first-order valence-corrected chi connectivity index (χ1v) is 4.59. The third kappa shape index (κ3) is 1.99. The summed E-state index contributed by atoms with van der Waals surface area (Å²) in [6.45, 7) is 2.61. The smallest absolute Gasteiger partial charge is 0.409 e. The predicted molar refractivity (Wildman–Crippen MR) is 51.6 cm³/mol. The molecule has 0 saturated heterocycles. The van der Waals surface area contributed by atoms with Crippen molar-refractivity contribution in [3.8, 4) is 6.07 Å². The minimum atomic E-state index is -0.422. The minimum Gasteiger partial charge on any atom is -0.453 e. The number of amides is 1. The van der Waals surface area contributed by atoms with Gasteiger partial charge in [-0.15, -0.1) is 0 Å². The maximum absolute atomic E-state index is 11.2. The summed E-state index contributed by atoms with van der Waals surface area (Å²) < 4.78 is 4.58. The van der Waals surface area contributed by atoms with E-state index in [1.807, 2.05) is 13.0 Å². The van der Waals surface area contributed by atoms with Gasteiger partial charge in [0.1, 0.15) is 0 Å². The summed E-state index contributed by atoms with van der Waals surface area (Å²) in [5.41, 5.74) is 0.441. The zero-order valence-corrected chi connectivity index (χ0v) is 8.84.